The monoisotopic (exact) mass is 224 g/mol. The number of rotatable bonds is 5. The Labute approximate surface area is 94.8 Å². The van der Waals surface area contributed by atoms with Crippen LogP contribution in [0, 0.1) is 5.82 Å². The maximum absolute atomic E-state index is 12.8. The fraction of sp³-hybridized carbons (Fsp3) is 0.417. The number of amides is 1. The van der Waals surface area contributed by atoms with Crippen LogP contribution in [-0.2, 0) is 11.2 Å². The second kappa shape index (κ2) is 6.23. The van der Waals surface area contributed by atoms with Gasteiger partial charge in [0.05, 0.1) is 0 Å². The summed E-state index contributed by atoms with van der Waals surface area (Å²) in [5.41, 5.74) is 6.36. The van der Waals surface area contributed by atoms with E-state index < -0.39 is 0 Å². The highest BCUT2D eigenvalue weighted by Crippen LogP contribution is 2.03. The molecule has 0 spiro atoms. The zero-order valence-corrected chi connectivity index (χ0v) is 9.37. The summed E-state index contributed by atoms with van der Waals surface area (Å²) < 4.78 is 12.8. The normalized spacial score (nSPS) is 12.2. The molecule has 1 amide bonds. The van der Waals surface area contributed by atoms with Crippen molar-refractivity contribution in [3.63, 3.8) is 0 Å². The number of nitrogens with two attached hydrogens (primary N) is 1. The van der Waals surface area contributed by atoms with Gasteiger partial charge in [0.1, 0.15) is 5.82 Å². The zero-order chi connectivity index (χ0) is 12.0. The summed E-state index contributed by atoms with van der Waals surface area (Å²) in [6.45, 7) is 2.29. The molecule has 1 atom stereocenters. The largest absolute Gasteiger partial charge is 0.356 e. The molecule has 0 saturated heterocycles. The Hall–Kier alpha value is -1.42. The first kappa shape index (κ1) is 12.6. The second-order valence-electron chi connectivity index (χ2n) is 3.91. The molecule has 0 aromatic heterocycles. The molecule has 0 aliphatic rings. The minimum absolute atomic E-state index is 0.0635. The first-order chi connectivity index (χ1) is 7.58. The van der Waals surface area contributed by atoms with Crippen molar-refractivity contribution in [3.05, 3.63) is 35.6 Å². The fourth-order valence-corrected chi connectivity index (χ4v) is 1.40. The average Bonchev–Trinajstić information content (AvgIpc) is 2.16. The van der Waals surface area contributed by atoms with Crippen molar-refractivity contribution in [2.45, 2.75) is 25.8 Å². The van der Waals surface area contributed by atoms with E-state index in [1.54, 1.807) is 13.0 Å². The van der Waals surface area contributed by atoms with Crippen LogP contribution in [-0.4, -0.2) is 18.5 Å². The molecule has 0 heterocycles. The first-order valence-electron chi connectivity index (χ1n) is 5.34. The van der Waals surface area contributed by atoms with E-state index in [1.165, 1.54) is 12.1 Å². The van der Waals surface area contributed by atoms with E-state index in [9.17, 15) is 9.18 Å². The lowest BCUT2D eigenvalue weighted by molar-refractivity contribution is -0.121. The number of carbonyl (C=O) groups is 1. The van der Waals surface area contributed by atoms with Gasteiger partial charge in [-0.05, 0) is 31.0 Å². The Kier molecular flexibility index (Phi) is 4.92. The summed E-state index contributed by atoms with van der Waals surface area (Å²) in [4.78, 5) is 11.2. The van der Waals surface area contributed by atoms with E-state index in [0.29, 0.717) is 19.4 Å². The number of nitrogens with one attached hydrogen (secondary N) is 1. The maximum Gasteiger partial charge on any atom is 0.221 e. The van der Waals surface area contributed by atoms with Crippen LogP contribution in [0.2, 0.25) is 0 Å². The van der Waals surface area contributed by atoms with Crippen molar-refractivity contribution in [2.75, 3.05) is 6.54 Å². The van der Waals surface area contributed by atoms with Crippen molar-refractivity contribution in [1.82, 2.24) is 5.32 Å². The second-order valence-corrected chi connectivity index (χ2v) is 3.91. The van der Waals surface area contributed by atoms with Crippen LogP contribution >= 0.6 is 0 Å². The summed E-state index contributed by atoms with van der Waals surface area (Å²) in [6, 6.07) is 6.24. The molecule has 0 bridgehead atoms. The third-order valence-corrected chi connectivity index (χ3v) is 2.13. The van der Waals surface area contributed by atoms with Gasteiger partial charge in [0.25, 0.3) is 0 Å². The molecule has 3 N–H and O–H groups in total. The molecule has 1 rings (SSSR count). The Morgan fingerprint density at radius 3 is 2.94 bits per heavy atom. The van der Waals surface area contributed by atoms with Gasteiger partial charge in [0.15, 0.2) is 0 Å². The first-order valence-corrected chi connectivity index (χ1v) is 5.34. The van der Waals surface area contributed by atoms with Crippen molar-refractivity contribution in [2.24, 2.45) is 5.73 Å². The third-order valence-electron chi connectivity index (χ3n) is 2.13. The Bertz CT molecular complexity index is 353. The quantitative estimate of drug-likeness (QED) is 0.790. The van der Waals surface area contributed by atoms with Crippen molar-refractivity contribution in [3.8, 4) is 0 Å². The van der Waals surface area contributed by atoms with Gasteiger partial charge in [-0.3, -0.25) is 4.79 Å². The van der Waals surface area contributed by atoms with Crippen LogP contribution in [0.4, 0.5) is 4.39 Å². The van der Waals surface area contributed by atoms with Gasteiger partial charge in [-0.1, -0.05) is 12.1 Å². The minimum atomic E-state index is -0.251. The fourth-order valence-electron chi connectivity index (χ4n) is 1.40. The van der Waals surface area contributed by atoms with Gasteiger partial charge in [-0.15, -0.1) is 0 Å². The number of hydrogen-bond acceptors (Lipinski definition) is 2. The highest BCUT2D eigenvalue weighted by Gasteiger charge is 2.03. The number of hydrogen-bond donors (Lipinski definition) is 2. The summed E-state index contributed by atoms with van der Waals surface area (Å²) in [7, 11) is 0. The Morgan fingerprint density at radius 1 is 1.56 bits per heavy atom. The standard InChI is InChI=1S/C12H17FN2O/c1-9(14)7-12(16)15-6-5-10-3-2-4-11(13)8-10/h2-4,8-9H,5-7,14H2,1H3,(H,15,16). The molecule has 0 saturated carbocycles. The van der Waals surface area contributed by atoms with Crippen molar-refractivity contribution in [1.29, 1.82) is 0 Å². The lowest BCUT2D eigenvalue weighted by Crippen LogP contribution is -2.31. The van der Waals surface area contributed by atoms with E-state index in [2.05, 4.69) is 5.32 Å². The molecular formula is C12H17FN2O. The summed E-state index contributed by atoms with van der Waals surface area (Å²) in [5, 5.41) is 2.74. The van der Waals surface area contributed by atoms with Gasteiger partial charge in [0, 0.05) is 19.0 Å². The SMILES string of the molecule is CC(N)CC(=O)NCCc1cccc(F)c1. The van der Waals surface area contributed by atoms with Gasteiger partial charge in [0.2, 0.25) is 5.91 Å². The average molecular weight is 224 g/mol. The lowest BCUT2D eigenvalue weighted by atomic mass is 10.1. The van der Waals surface area contributed by atoms with Crippen LogP contribution in [0.1, 0.15) is 18.9 Å². The van der Waals surface area contributed by atoms with Gasteiger partial charge in [-0.2, -0.15) is 0 Å². The van der Waals surface area contributed by atoms with Crippen molar-refractivity contribution < 1.29 is 9.18 Å². The molecule has 4 heteroatoms. The summed E-state index contributed by atoms with van der Waals surface area (Å²) in [5.74, 6) is -0.314. The Balaban J connectivity index is 2.28. The topological polar surface area (TPSA) is 55.1 Å². The molecule has 0 aliphatic carbocycles. The maximum atomic E-state index is 12.8. The number of halogens is 1. The third kappa shape index (κ3) is 4.89. The minimum Gasteiger partial charge on any atom is -0.356 e. The van der Waals surface area contributed by atoms with Gasteiger partial charge >= 0.3 is 0 Å². The van der Waals surface area contributed by atoms with Crippen LogP contribution in [0.5, 0.6) is 0 Å². The van der Waals surface area contributed by atoms with E-state index in [0.717, 1.165) is 5.56 Å². The number of carbonyl (C=O) groups excluding carboxylic acids is 1. The molecule has 88 valence electrons. The highest BCUT2D eigenvalue weighted by atomic mass is 19.1. The zero-order valence-electron chi connectivity index (χ0n) is 9.37. The van der Waals surface area contributed by atoms with Crippen LogP contribution in [0.3, 0.4) is 0 Å². The smallest absolute Gasteiger partial charge is 0.221 e. The van der Waals surface area contributed by atoms with Gasteiger partial charge < -0.3 is 11.1 Å². The van der Waals surface area contributed by atoms with Gasteiger partial charge in [-0.25, -0.2) is 4.39 Å². The summed E-state index contributed by atoms with van der Waals surface area (Å²) >= 11 is 0. The molecule has 0 radical (unpaired) electrons. The highest BCUT2D eigenvalue weighted by molar-refractivity contribution is 5.76. The van der Waals surface area contributed by atoms with E-state index in [1.807, 2.05) is 6.07 Å². The van der Waals surface area contributed by atoms with Crippen LogP contribution in [0.15, 0.2) is 24.3 Å². The summed E-state index contributed by atoms with van der Waals surface area (Å²) in [6.07, 6.45) is 0.950. The van der Waals surface area contributed by atoms with Crippen LogP contribution < -0.4 is 11.1 Å². The molecular weight excluding hydrogens is 207 g/mol. The molecule has 16 heavy (non-hydrogen) atoms. The molecule has 1 aromatic rings. The van der Waals surface area contributed by atoms with E-state index in [-0.39, 0.29) is 17.8 Å². The molecule has 0 fully saturated rings. The Morgan fingerprint density at radius 2 is 2.31 bits per heavy atom. The molecule has 3 nitrogen and oxygen atoms in total. The molecule has 0 aliphatic heterocycles. The van der Waals surface area contributed by atoms with Crippen LogP contribution in [0.25, 0.3) is 0 Å². The van der Waals surface area contributed by atoms with E-state index in [4.69, 9.17) is 5.73 Å². The predicted molar refractivity (Wildman–Crippen MR) is 61.4 cm³/mol. The lowest BCUT2D eigenvalue weighted by Gasteiger charge is -2.07. The van der Waals surface area contributed by atoms with Crippen molar-refractivity contribution >= 4 is 5.91 Å². The number of benzene rings is 1. The molecule has 1 aromatic carbocycles. The predicted octanol–water partition coefficient (Wildman–Crippen LogP) is 1.22. The van der Waals surface area contributed by atoms with E-state index >= 15 is 0 Å². The molecule has 1 unspecified atom stereocenters.